The molecule has 0 N–H and O–H groups in total. The van der Waals surface area contributed by atoms with E-state index in [-0.39, 0.29) is 22.9 Å². The molecule has 1 aliphatic carbocycles. The number of hydrogen-bond donors (Lipinski definition) is 0. The van der Waals surface area contributed by atoms with E-state index in [1.54, 1.807) is 6.07 Å². The second-order valence-electron chi connectivity index (χ2n) is 7.56. The average Bonchev–Trinajstić information content (AvgIpc) is 3.17. The molecule has 9 heteroatoms. The quantitative estimate of drug-likeness (QED) is 0.375. The second kappa shape index (κ2) is 9.78. The number of carboxylic acids is 1. The van der Waals surface area contributed by atoms with E-state index in [4.69, 9.17) is 11.6 Å². The van der Waals surface area contributed by atoms with E-state index >= 15 is 0 Å². The number of thioether (sulfide) groups is 1. The lowest BCUT2D eigenvalue weighted by molar-refractivity contribution is -0.301. The van der Waals surface area contributed by atoms with Gasteiger partial charge in [0.15, 0.2) is 5.16 Å². The molecule has 1 aliphatic heterocycles. The molecule has 0 spiro atoms. The van der Waals surface area contributed by atoms with Gasteiger partial charge in [-0.25, -0.2) is 9.97 Å². The van der Waals surface area contributed by atoms with Crippen LogP contribution in [0.2, 0.25) is 5.15 Å². The number of carbonyl (C=O) groups excluding carboxylic acids is 2. The lowest BCUT2D eigenvalue weighted by atomic mass is 10.0. The maximum atomic E-state index is 12.7. The van der Waals surface area contributed by atoms with Crippen LogP contribution in [-0.4, -0.2) is 58.2 Å². The lowest BCUT2D eigenvalue weighted by Gasteiger charge is -2.40. The molecule has 0 aromatic carbocycles. The first kappa shape index (κ1) is 21.2. The summed E-state index contributed by atoms with van der Waals surface area (Å²) in [5, 5.41) is 11.2. The van der Waals surface area contributed by atoms with Crippen molar-refractivity contribution in [2.24, 2.45) is 5.92 Å². The maximum absolute atomic E-state index is 12.7. The number of nitrogens with zero attached hydrogens (tertiary/aromatic N) is 4. The number of hydrogen-bond acceptors (Lipinski definition) is 7. The van der Waals surface area contributed by atoms with Crippen LogP contribution >= 0.6 is 23.4 Å². The minimum Gasteiger partial charge on any atom is -0.549 e. The Morgan fingerprint density at radius 1 is 1.29 bits per heavy atom. The Hall–Kier alpha value is -1.54. The van der Waals surface area contributed by atoms with E-state index in [1.807, 2.05) is 11.8 Å². The largest absolute Gasteiger partial charge is 0.549 e. The molecular weight excluding hydrogens is 400 g/mol. The van der Waals surface area contributed by atoms with Gasteiger partial charge in [0.25, 0.3) is 0 Å². The predicted molar refractivity (Wildman–Crippen MR) is 107 cm³/mol. The fraction of sp³-hybridized carbons (Fsp3) is 0.684. The number of piperazine rings is 1. The van der Waals surface area contributed by atoms with Crippen LogP contribution in [0.5, 0.6) is 0 Å². The highest BCUT2D eigenvalue weighted by atomic mass is 35.5. The minimum absolute atomic E-state index is 0.0814. The fourth-order valence-electron chi connectivity index (χ4n) is 4.04. The third-order valence-corrected chi connectivity index (χ3v) is 6.51. The second-order valence-corrected chi connectivity index (χ2v) is 8.89. The van der Waals surface area contributed by atoms with Crippen LogP contribution in [0, 0.1) is 5.92 Å². The maximum Gasteiger partial charge on any atom is 0.222 e. The molecule has 0 radical (unpaired) electrons. The van der Waals surface area contributed by atoms with Gasteiger partial charge in [-0.15, -0.1) is 0 Å². The number of amides is 1. The van der Waals surface area contributed by atoms with Gasteiger partial charge in [-0.1, -0.05) is 49.0 Å². The number of aliphatic carboxylic acids is 1. The Balaban J connectivity index is 1.56. The van der Waals surface area contributed by atoms with E-state index in [2.05, 4.69) is 14.9 Å². The fourth-order valence-corrected chi connectivity index (χ4v) is 4.84. The Morgan fingerprint density at radius 3 is 2.71 bits per heavy atom. The van der Waals surface area contributed by atoms with Crippen LogP contribution in [0.4, 0.5) is 5.82 Å². The van der Waals surface area contributed by atoms with E-state index < -0.39 is 5.97 Å². The molecule has 3 rings (SSSR count). The Labute approximate surface area is 174 Å². The van der Waals surface area contributed by atoms with Crippen LogP contribution in [0.25, 0.3) is 0 Å². The van der Waals surface area contributed by atoms with Crippen molar-refractivity contribution >= 4 is 41.1 Å². The molecule has 1 aromatic rings. The van der Waals surface area contributed by atoms with E-state index in [1.165, 1.54) is 25.7 Å². The van der Waals surface area contributed by atoms with Crippen LogP contribution in [0.15, 0.2) is 11.2 Å². The lowest BCUT2D eigenvalue weighted by Crippen LogP contribution is -2.54. The standard InChI is InChI=1S/C19H27ClN4O3S/c1-13-11-23(16-10-15(20)21-19(22-16)28-12-18(26)27)8-9-24(13)17(25)7-6-14-4-2-3-5-14/h10,13-14H,2-9,11-12H2,1H3,(H,26,27)/p-1/t13-/m0/s1. The van der Waals surface area contributed by atoms with Gasteiger partial charge in [0.1, 0.15) is 11.0 Å². The summed E-state index contributed by atoms with van der Waals surface area (Å²) in [7, 11) is 0. The van der Waals surface area contributed by atoms with Gasteiger partial charge in [0.05, 0.1) is 5.97 Å². The Kier molecular flexibility index (Phi) is 7.40. The van der Waals surface area contributed by atoms with Gasteiger partial charge >= 0.3 is 0 Å². The minimum atomic E-state index is -1.17. The first-order chi connectivity index (χ1) is 13.4. The molecule has 154 valence electrons. The third kappa shape index (κ3) is 5.73. The molecule has 1 saturated heterocycles. The molecule has 2 fully saturated rings. The van der Waals surface area contributed by atoms with Crippen molar-refractivity contribution in [2.75, 3.05) is 30.3 Å². The molecule has 1 aromatic heterocycles. The topological polar surface area (TPSA) is 89.5 Å². The third-order valence-electron chi connectivity index (χ3n) is 5.49. The molecule has 2 aliphatic rings. The zero-order chi connectivity index (χ0) is 20.1. The Morgan fingerprint density at radius 2 is 2.04 bits per heavy atom. The Bertz CT molecular complexity index is 714. The summed E-state index contributed by atoms with van der Waals surface area (Å²) >= 11 is 7.07. The molecule has 1 atom stereocenters. The van der Waals surface area contributed by atoms with Crippen molar-refractivity contribution in [2.45, 2.75) is 56.6 Å². The van der Waals surface area contributed by atoms with Crippen LogP contribution < -0.4 is 10.0 Å². The highest BCUT2D eigenvalue weighted by Crippen LogP contribution is 2.29. The molecule has 0 bridgehead atoms. The number of carbonyl (C=O) groups is 2. The van der Waals surface area contributed by atoms with Gasteiger partial charge < -0.3 is 19.7 Å². The van der Waals surface area contributed by atoms with Crippen LogP contribution in [-0.2, 0) is 9.59 Å². The highest BCUT2D eigenvalue weighted by Gasteiger charge is 2.29. The summed E-state index contributed by atoms with van der Waals surface area (Å²) in [5.41, 5.74) is 0. The monoisotopic (exact) mass is 425 g/mol. The summed E-state index contributed by atoms with van der Waals surface area (Å²) in [4.78, 5) is 35.8. The first-order valence-electron chi connectivity index (χ1n) is 9.84. The van der Waals surface area contributed by atoms with E-state index in [0.717, 1.165) is 24.1 Å². The van der Waals surface area contributed by atoms with E-state index in [9.17, 15) is 14.7 Å². The van der Waals surface area contributed by atoms with Crippen molar-refractivity contribution in [1.82, 2.24) is 14.9 Å². The van der Waals surface area contributed by atoms with Crippen molar-refractivity contribution in [1.29, 1.82) is 0 Å². The van der Waals surface area contributed by atoms with E-state index in [0.29, 0.717) is 37.0 Å². The average molecular weight is 426 g/mol. The summed E-state index contributed by atoms with van der Waals surface area (Å²) < 4.78 is 0. The molecule has 2 heterocycles. The molecule has 7 nitrogen and oxygen atoms in total. The van der Waals surface area contributed by atoms with Gasteiger partial charge in [-0.2, -0.15) is 0 Å². The summed E-state index contributed by atoms with van der Waals surface area (Å²) in [6.45, 7) is 4.02. The van der Waals surface area contributed by atoms with Crippen molar-refractivity contribution in [3.63, 3.8) is 0 Å². The molecule has 1 saturated carbocycles. The predicted octanol–water partition coefficient (Wildman–Crippen LogP) is 1.98. The molecular formula is C19H26ClN4O3S-. The number of aromatic nitrogens is 2. The SMILES string of the molecule is C[C@H]1CN(c2cc(Cl)nc(SCC(=O)[O-])n2)CCN1C(=O)CCC1CCCC1. The summed E-state index contributed by atoms with van der Waals surface area (Å²) in [5.74, 6) is 0.226. The van der Waals surface area contributed by atoms with Gasteiger partial charge in [0.2, 0.25) is 5.91 Å². The molecule has 28 heavy (non-hydrogen) atoms. The van der Waals surface area contributed by atoms with Gasteiger partial charge in [-0.05, 0) is 19.3 Å². The van der Waals surface area contributed by atoms with Gasteiger partial charge in [0, 0.05) is 43.9 Å². The normalized spacial score (nSPS) is 20.6. The summed E-state index contributed by atoms with van der Waals surface area (Å²) in [6, 6.07) is 1.76. The van der Waals surface area contributed by atoms with Crippen molar-refractivity contribution in [3.8, 4) is 0 Å². The number of carboxylic acid groups (broad SMARTS) is 1. The van der Waals surface area contributed by atoms with Crippen molar-refractivity contribution < 1.29 is 14.7 Å². The number of rotatable bonds is 7. The molecule has 0 unspecified atom stereocenters. The summed E-state index contributed by atoms with van der Waals surface area (Å²) in [6.07, 6.45) is 6.79. The zero-order valence-corrected chi connectivity index (χ0v) is 17.7. The molecule has 1 amide bonds. The van der Waals surface area contributed by atoms with Crippen LogP contribution in [0.1, 0.15) is 45.4 Å². The smallest absolute Gasteiger partial charge is 0.222 e. The van der Waals surface area contributed by atoms with Crippen molar-refractivity contribution in [3.05, 3.63) is 11.2 Å². The van der Waals surface area contributed by atoms with Crippen LogP contribution in [0.3, 0.4) is 0 Å². The number of anilines is 1. The van der Waals surface area contributed by atoms with Gasteiger partial charge in [-0.3, -0.25) is 4.79 Å². The number of halogens is 1. The zero-order valence-electron chi connectivity index (χ0n) is 16.1. The first-order valence-corrected chi connectivity index (χ1v) is 11.2. The highest BCUT2D eigenvalue weighted by molar-refractivity contribution is 7.99.